The molecule has 18 heavy (non-hydrogen) atoms. The number of nitrogens with zero attached hydrogens (tertiary/aromatic N) is 1. The molecular formula is C11H14BrClN2O3. The molecule has 0 atom stereocenters. The maximum Gasteiger partial charge on any atom is 0.321 e. The minimum absolute atomic E-state index is 0.155. The van der Waals surface area contributed by atoms with Crippen LogP contribution in [0.4, 0.5) is 10.5 Å². The predicted molar refractivity (Wildman–Crippen MR) is 73.9 cm³/mol. The average Bonchev–Trinajstić information content (AvgIpc) is 2.33. The Morgan fingerprint density at radius 3 is 2.44 bits per heavy atom. The number of halogens is 2. The van der Waals surface area contributed by atoms with Crippen molar-refractivity contribution in [2.45, 2.75) is 0 Å². The Labute approximate surface area is 118 Å². The van der Waals surface area contributed by atoms with E-state index >= 15 is 0 Å². The number of hydrogen-bond donors (Lipinski definition) is 3. The van der Waals surface area contributed by atoms with Crippen LogP contribution in [0.2, 0.25) is 5.02 Å². The van der Waals surface area contributed by atoms with E-state index in [2.05, 4.69) is 21.2 Å². The van der Waals surface area contributed by atoms with Crippen LogP contribution in [0, 0.1) is 0 Å². The molecule has 0 heterocycles. The fourth-order valence-corrected chi connectivity index (χ4v) is 1.83. The number of aliphatic hydroxyl groups is 2. The molecular weight excluding hydrogens is 323 g/mol. The van der Waals surface area contributed by atoms with Gasteiger partial charge < -0.3 is 20.4 Å². The van der Waals surface area contributed by atoms with Gasteiger partial charge in [-0.1, -0.05) is 11.6 Å². The number of amides is 2. The summed E-state index contributed by atoms with van der Waals surface area (Å²) in [6.45, 7) is 0.0256. The van der Waals surface area contributed by atoms with E-state index in [0.717, 1.165) is 0 Å². The van der Waals surface area contributed by atoms with Gasteiger partial charge in [0.05, 0.1) is 18.2 Å². The molecule has 2 amide bonds. The number of rotatable bonds is 5. The Hall–Kier alpha value is -0.820. The van der Waals surface area contributed by atoms with Crippen molar-refractivity contribution in [1.82, 2.24) is 4.90 Å². The van der Waals surface area contributed by atoms with Gasteiger partial charge in [-0.15, -0.1) is 0 Å². The van der Waals surface area contributed by atoms with Crippen LogP contribution >= 0.6 is 27.5 Å². The van der Waals surface area contributed by atoms with E-state index in [1.165, 1.54) is 4.90 Å². The number of urea groups is 1. The number of hydrogen-bond acceptors (Lipinski definition) is 3. The van der Waals surface area contributed by atoms with Crippen LogP contribution in [0.5, 0.6) is 0 Å². The maximum absolute atomic E-state index is 11.8. The third-order valence-corrected chi connectivity index (χ3v) is 3.41. The summed E-state index contributed by atoms with van der Waals surface area (Å²) in [5.41, 5.74) is 0.581. The Morgan fingerprint density at radius 1 is 1.33 bits per heavy atom. The molecule has 0 aromatic heterocycles. The largest absolute Gasteiger partial charge is 0.395 e. The fourth-order valence-electron chi connectivity index (χ4n) is 1.33. The highest BCUT2D eigenvalue weighted by molar-refractivity contribution is 9.10. The molecule has 0 saturated heterocycles. The summed E-state index contributed by atoms with van der Waals surface area (Å²) in [6.07, 6.45) is 0. The van der Waals surface area contributed by atoms with Crippen LogP contribution < -0.4 is 5.32 Å². The van der Waals surface area contributed by atoms with Gasteiger partial charge >= 0.3 is 6.03 Å². The van der Waals surface area contributed by atoms with E-state index in [1.807, 2.05) is 0 Å². The summed E-state index contributed by atoms with van der Waals surface area (Å²) in [7, 11) is 0. The molecule has 0 spiro atoms. The minimum atomic E-state index is -0.382. The zero-order chi connectivity index (χ0) is 13.5. The molecule has 0 saturated carbocycles. The smallest absolute Gasteiger partial charge is 0.321 e. The normalized spacial score (nSPS) is 10.2. The van der Waals surface area contributed by atoms with E-state index in [1.54, 1.807) is 18.2 Å². The first kappa shape index (κ1) is 15.2. The van der Waals surface area contributed by atoms with Crippen molar-refractivity contribution in [3.05, 3.63) is 27.7 Å². The molecule has 0 fully saturated rings. The lowest BCUT2D eigenvalue weighted by atomic mass is 10.3. The highest BCUT2D eigenvalue weighted by atomic mass is 79.9. The van der Waals surface area contributed by atoms with Gasteiger partial charge in [-0.2, -0.15) is 0 Å². The van der Waals surface area contributed by atoms with Crippen molar-refractivity contribution < 1.29 is 15.0 Å². The Bertz CT molecular complexity index is 411. The van der Waals surface area contributed by atoms with E-state index < -0.39 is 0 Å². The Kier molecular flexibility index (Phi) is 6.42. The van der Waals surface area contributed by atoms with E-state index in [0.29, 0.717) is 15.2 Å². The number of nitrogens with one attached hydrogen (secondary N) is 1. The number of carbonyl (C=O) groups excluding carboxylic acids is 1. The molecule has 1 aromatic carbocycles. The number of aliphatic hydroxyl groups excluding tert-OH is 2. The molecule has 0 radical (unpaired) electrons. The van der Waals surface area contributed by atoms with Crippen LogP contribution in [0.25, 0.3) is 0 Å². The van der Waals surface area contributed by atoms with Crippen LogP contribution in [0.3, 0.4) is 0 Å². The lowest BCUT2D eigenvalue weighted by Gasteiger charge is -2.21. The highest BCUT2D eigenvalue weighted by Gasteiger charge is 2.12. The monoisotopic (exact) mass is 336 g/mol. The maximum atomic E-state index is 11.8. The molecule has 0 bridgehead atoms. The van der Waals surface area contributed by atoms with E-state index in [4.69, 9.17) is 21.8 Å². The fraction of sp³-hybridized carbons (Fsp3) is 0.364. The lowest BCUT2D eigenvalue weighted by molar-refractivity contribution is 0.167. The minimum Gasteiger partial charge on any atom is -0.395 e. The quantitative estimate of drug-likeness (QED) is 0.768. The van der Waals surface area contributed by atoms with Crippen LogP contribution in [-0.4, -0.2) is 47.4 Å². The van der Waals surface area contributed by atoms with Crippen molar-refractivity contribution in [2.24, 2.45) is 0 Å². The van der Waals surface area contributed by atoms with Crippen LogP contribution in [-0.2, 0) is 0 Å². The summed E-state index contributed by atoms with van der Waals surface area (Å²) >= 11 is 9.10. The third kappa shape index (κ3) is 4.45. The van der Waals surface area contributed by atoms with E-state index in [-0.39, 0.29) is 32.3 Å². The number of benzene rings is 1. The van der Waals surface area contributed by atoms with Gasteiger partial charge in [0.25, 0.3) is 0 Å². The van der Waals surface area contributed by atoms with Crippen molar-refractivity contribution in [3.63, 3.8) is 0 Å². The highest BCUT2D eigenvalue weighted by Crippen LogP contribution is 2.25. The van der Waals surface area contributed by atoms with Gasteiger partial charge in [-0.25, -0.2) is 4.79 Å². The van der Waals surface area contributed by atoms with Gasteiger partial charge in [-0.3, -0.25) is 0 Å². The second kappa shape index (κ2) is 7.58. The van der Waals surface area contributed by atoms with Gasteiger partial charge in [0.1, 0.15) is 0 Å². The van der Waals surface area contributed by atoms with Gasteiger partial charge in [0, 0.05) is 23.2 Å². The molecule has 100 valence electrons. The molecule has 0 aliphatic heterocycles. The summed E-state index contributed by atoms with van der Waals surface area (Å²) in [6, 6.07) is 4.62. The molecule has 5 nitrogen and oxygen atoms in total. The second-order valence-electron chi connectivity index (χ2n) is 3.49. The average molecular weight is 338 g/mol. The molecule has 3 N–H and O–H groups in total. The van der Waals surface area contributed by atoms with Crippen molar-refractivity contribution in [1.29, 1.82) is 0 Å². The molecule has 0 aliphatic carbocycles. The second-order valence-corrected chi connectivity index (χ2v) is 4.75. The summed E-state index contributed by atoms with van der Waals surface area (Å²) in [5, 5.41) is 20.9. The van der Waals surface area contributed by atoms with E-state index in [9.17, 15) is 4.79 Å². The summed E-state index contributed by atoms with van der Waals surface area (Å²) in [5.74, 6) is 0. The van der Waals surface area contributed by atoms with Gasteiger partial charge in [0.2, 0.25) is 0 Å². The zero-order valence-corrected chi connectivity index (χ0v) is 11.9. The van der Waals surface area contributed by atoms with Crippen molar-refractivity contribution in [3.8, 4) is 0 Å². The Morgan fingerprint density at radius 2 is 1.94 bits per heavy atom. The molecule has 7 heteroatoms. The lowest BCUT2D eigenvalue weighted by Crippen LogP contribution is -2.38. The first-order valence-electron chi connectivity index (χ1n) is 5.31. The SMILES string of the molecule is O=C(Nc1ccc(Cl)c(Br)c1)N(CCO)CCO. The third-order valence-electron chi connectivity index (χ3n) is 2.20. The van der Waals surface area contributed by atoms with Gasteiger partial charge in [0.15, 0.2) is 0 Å². The van der Waals surface area contributed by atoms with Crippen molar-refractivity contribution in [2.75, 3.05) is 31.6 Å². The number of anilines is 1. The standard InChI is InChI=1S/C11H14BrClN2O3/c12-9-7-8(1-2-10(9)13)14-11(18)15(3-5-16)4-6-17/h1-2,7,16-17H,3-6H2,(H,14,18). The van der Waals surface area contributed by atoms with Crippen LogP contribution in [0.15, 0.2) is 22.7 Å². The summed E-state index contributed by atoms with van der Waals surface area (Å²) < 4.78 is 0.679. The Balaban J connectivity index is 2.69. The topological polar surface area (TPSA) is 72.8 Å². The molecule has 0 aliphatic rings. The molecule has 0 unspecified atom stereocenters. The number of carbonyl (C=O) groups is 1. The summed E-state index contributed by atoms with van der Waals surface area (Å²) in [4.78, 5) is 13.2. The van der Waals surface area contributed by atoms with Crippen LogP contribution in [0.1, 0.15) is 0 Å². The zero-order valence-electron chi connectivity index (χ0n) is 9.57. The first-order chi connectivity index (χ1) is 8.58. The first-order valence-corrected chi connectivity index (χ1v) is 6.48. The van der Waals surface area contributed by atoms with Crippen molar-refractivity contribution >= 4 is 39.2 Å². The molecule has 1 rings (SSSR count). The van der Waals surface area contributed by atoms with Gasteiger partial charge in [-0.05, 0) is 34.1 Å². The molecule has 1 aromatic rings. The predicted octanol–water partition coefficient (Wildman–Crippen LogP) is 1.92.